The third-order valence-corrected chi connectivity index (χ3v) is 3.56. The van der Waals surface area contributed by atoms with Crippen LogP contribution in [-0.2, 0) is 16.9 Å². The average molecular weight is 415 g/mol. The summed E-state index contributed by atoms with van der Waals surface area (Å²) < 4.78 is 104. The molecule has 0 saturated carbocycles. The molecule has 154 valence electrons. The van der Waals surface area contributed by atoms with E-state index >= 15 is 0 Å². The maximum atomic E-state index is 13.4. The standard InChI is InChI=1S/C17H13F8NO2/c1-14(2,3)13(28)10(7-26)12(27)9-5-4-8(6-11(9)16(20,21)22)15(18,19)17(23,24)25/h4-6,27H,1-3H3/b12-10-. The number of benzene rings is 1. The lowest BCUT2D eigenvalue weighted by Gasteiger charge is -2.22. The Labute approximate surface area is 153 Å². The van der Waals surface area contributed by atoms with Crippen LogP contribution >= 0.6 is 0 Å². The maximum Gasteiger partial charge on any atom is 0.458 e. The summed E-state index contributed by atoms with van der Waals surface area (Å²) in [5, 5.41) is 19.1. The first-order valence-electron chi connectivity index (χ1n) is 7.40. The zero-order chi connectivity index (χ0) is 22.3. The number of nitriles is 1. The van der Waals surface area contributed by atoms with Gasteiger partial charge in [0, 0.05) is 16.5 Å². The molecule has 0 aliphatic heterocycles. The van der Waals surface area contributed by atoms with Crippen LogP contribution in [0.2, 0.25) is 0 Å². The largest absolute Gasteiger partial charge is 0.506 e. The zero-order valence-electron chi connectivity index (χ0n) is 14.6. The maximum absolute atomic E-state index is 13.4. The molecule has 0 amide bonds. The van der Waals surface area contributed by atoms with Crippen molar-refractivity contribution in [1.29, 1.82) is 5.26 Å². The number of halogens is 8. The number of Topliss-reactive ketones (excluding diaryl/α,β-unsaturated/α-hetero) is 1. The van der Waals surface area contributed by atoms with E-state index in [1.807, 2.05) is 0 Å². The van der Waals surface area contributed by atoms with Gasteiger partial charge in [-0.25, -0.2) is 0 Å². The molecule has 3 nitrogen and oxygen atoms in total. The van der Waals surface area contributed by atoms with Gasteiger partial charge in [0.25, 0.3) is 0 Å². The molecule has 0 spiro atoms. The highest BCUT2D eigenvalue weighted by Crippen LogP contribution is 2.46. The number of carbonyl (C=O) groups is 1. The highest BCUT2D eigenvalue weighted by Gasteiger charge is 2.59. The van der Waals surface area contributed by atoms with Crippen molar-refractivity contribution < 1.29 is 45.0 Å². The van der Waals surface area contributed by atoms with Gasteiger partial charge in [-0.15, -0.1) is 0 Å². The predicted octanol–water partition coefficient (Wildman–Crippen LogP) is 5.77. The Balaban J connectivity index is 3.82. The van der Waals surface area contributed by atoms with E-state index < -0.39 is 63.6 Å². The van der Waals surface area contributed by atoms with Crippen LogP contribution in [0.25, 0.3) is 5.76 Å². The molecule has 0 aliphatic carbocycles. The molecule has 1 aromatic rings. The number of ketones is 1. The first-order chi connectivity index (χ1) is 12.4. The van der Waals surface area contributed by atoms with Crippen molar-refractivity contribution in [2.45, 2.75) is 39.0 Å². The predicted molar refractivity (Wildman–Crippen MR) is 81.0 cm³/mol. The number of nitrogens with zero attached hydrogens (tertiary/aromatic N) is 1. The molecule has 1 N–H and O–H groups in total. The van der Waals surface area contributed by atoms with E-state index in [2.05, 4.69) is 0 Å². The summed E-state index contributed by atoms with van der Waals surface area (Å²) in [6, 6.07) is 0.948. The van der Waals surface area contributed by atoms with E-state index in [9.17, 15) is 45.0 Å². The lowest BCUT2D eigenvalue weighted by Crippen LogP contribution is -2.34. The van der Waals surface area contributed by atoms with Gasteiger partial charge in [-0.05, 0) is 6.07 Å². The van der Waals surface area contributed by atoms with Crippen molar-refractivity contribution in [2.75, 3.05) is 0 Å². The molecule has 0 saturated heterocycles. The number of aliphatic hydroxyl groups excluding tert-OH is 1. The van der Waals surface area contributed by atoms with Gasteiger partial charge in [-0.1, -0.05) is 32.9 Å². The van der Waals surface area contributed by atoms with Gasteiger partial charge in [0.05, 0.1) is 5.56 Å². The Morgan fingerprint density at radius 3 is 1.86 bits per heavy atom. The van der Waals surface area contributed by atoms with Crippen molar-refractivity contribution in [3.63, 3.8) is 0 Å². The van der Waals surface area contributed by atoms with E-state index in [0.717, 1.165) is 0 Å². The molecule has 0 fully saturated rings. The number of carbonyl (C=O) groups excluding carboxylic acids is 1. The minimum Gasteiger partial charge on any atom is -0.506 e. The molecular formula is C17H13F8NO2. The number of allylic oxidation sites excluding steroid dienone is 1. The van der Waals surface area contributed by atoms with E-state index in [1.54, 1.807) is 0 Å². The second kappa shape index (κ2) is 7.07. The van der Waals surface area contributed by atoms with Crippen LogP contribution < -0.4 is 0 Å². The second-order valence-corrected chi connectivity index (χ2v) is 6.74. The van der Waals surface area contributed by atoms with Gasteiger partial charge in [0.15, 0.2) is 5.78 Å². The Hall–Kier alpha value is -2.64. The molecule has 0 aromatic heterocycles. The quantitative estimate of drug-likeness (QED) is 0.295. The number of aliphatic hydroxyl groups is 1. The molecule has 0 heterocycles. The van der Waals surface area contributed by atoms with Gasteiger partial charge in [0.1, 0.15) is 17.4 Å². The molecule has 1 aromatic carbocycles. The van der Waals surface area contributed by atoms with Crippen molar-refractivity contribution in [1.82, 2.24) is 0 Å². The summed E-state index contributed by atoms with van der Waals surface area (Å²) in [7, 11) is 0. The molecule has 1 rings (SSSR count). The van der Waals surface area contributed by atoms with Gasteiger partial charge < -0.3 is 5.11 Å². The molecule has 0 atom stereocenters. The van der Waals surface area contributed by atoms with Gasteiger partial charge in [-0.3, -0.25) is 4.79 Å². The van der Waals surface area contributed by atoms with Crippen molar-refractivity contribution >= 4 is 11.5 Å². The van der Waals surface area contributed by atoms with Crippen LogP contribution in [0.5, 0.6) is 0 Å². The fourth-order valence-electron chi connectivity index (χ4n) is 2.07. The fourth-order valence-corrected chi connectivity index (χ4v) is 2.07. The Morgan fingerprint density at radius 1 is 1.00 bits per heavy atom. The Morgan fingerprint density at radius 2 is 1.50 bits per heavy atom. The van der Waals surface area contributed by atoms with E-state index in [4.69, 9.17) is 5.26 Å². The van der Waals surface area contributed by atoms with Crippen LogP contribution in [0.3, 0.4) is 0 Å². The second-order valence-electron chi connectivity index (χ2n) is 6.74. The molecular weight excluding hydrogens is 402 g/mol. The molecule has 11 heteroatoms. The third kappa shape index (κ3) is 4.43. The van der Waals surface area contributed by atoms with Gasteiger partial charge in [-0.2, -0.15) is 40.4 Å². The summed E-state index contributed by atoms with van der Waals surface area (Å²) in [4.78, 5) is 12.1. The van der Waals surface area contributed by atoms with E-state index in [1.165, 1.54) is 26.8 Å². The van der Waals surface area contributed by atoms with Crippen LogP contribution in [0.15, 0.2) is 23.8 Å². The first-order valence-corrected chi connectivity index (χ1v) is 7.40. The highest BCUT2D eigenvalue weighted by molar-refractivity contribution is 6.07. The zero-order valence-corrected chi connectivity index (χ0v) is 14.6. The van der Waals surface area contributed by atoms with Crippen LogP contribution in [0, 0.1) is 16.7 Å². The number of hydrogen-bond acceptors (Lipinski definition) is 3. The number of rotatable bonds is 3. The van der Waals surface area contributed by atoms with Crippen LogP contribution in [-0.4, -0.2) is 17.1 Å². The number of alkyl halides is 8. The monoisotopic (exact) mass is 415 g/mol. The molecule has 28 heavy (non-hydrogen) atoms. The Kier molecular flexibility index (Phi) is 5.91. The van der Waals surface area contributed by atoms with Crippen molar-refractivity contribution in [2.24, 2.45) is 5.41 Å². The lowest BCUT2D eigenvalue weighted by molar-refractivity contribution is -0.289. The summed E-state index contributed by atoms with van der Waals surface area (Å²) in [5.74, 6) is -8.12. The van der Waals surface area contributed by atoms with Crippen molar-refractivity contribution in [3.8, 4) is 6.07 Å². The minimum absolute atomic E-state index is 0.0326. The van der Waals surface area contributed by atoms with Gasteiger partial charge in [0.2, 0.25) is 0 Å². The third-order valence-electron chi connectivity index (χ3n) is 3.56. The topological polar surface area (TPSA) is 61.1 Å². The SMILES string of the molecule is CC(C)(C)C(=O)/C(C#N)=C(\O)c1ccc(C(F)(F)C(F)(F)F)cc1C(F)(F)F. The van der Waals surface area contributed by atoms with Crippen LogP contribution in [0.4, 0.5) is 35.1 Å². The summed E-state index contributed by atoms with van der Waals surface area (Å²) in [6.07, 6.45) is -11.6. The fraction of sp³-hybridized carbons (Fsp3) is 0.412. The van der Waals surface area contributed by atoms with E-state index in [-0.39, 0.29) is 12.1 Å². The number of hydrogen-bond donors (Lipinski definition) is 1. The normalized spacial score (nSPS) is 14.4. The first kappa shape index (κ1) is 23.4. The molecule has 0 radical (unpaired) electrons. The Bertz CT molecular complexity index is 852. The van der Waals surface area contributed by atoms with Crippen LogP contribution in [0.1, 0.15) is 37.5 Å². The lowest BCUT2D eigenvalue weighted by atomic mass is 9.85. The minimum atomic E-state index is -6.16. The summed E-state index contributed by atoms with van der Waals surface area (Å²) in [6.45, 7) is 3.91. The van der Waals surface area contributed by atoms with Crippen molar-refractivity contribution in [3.05, 3.63) is 40.5 Å². The molecule has 0 bridgehead atoms. The van der Waals surface area contributed by atoms with Gasteiger partial charge >= 0.3 is 18.3 Å². The highest BCUT2D eigenvalue weighted by atomic mass is 19.4. The summed E-state index contributed by atoms with van der Waals surface area (Å²) in [5.41, 5.74) is -7.72. The smallest absolute Gasteiger partial charge is 0.458 e. The summed E-state index contributed by atoms with van der Waals surface area (Å²) >= 11 is 0. The molecule has 0 aliphatic rings. The average Bonchev–Trinajstić information content (AvgIpc) is 2.51. The van der Waals surface area contributed by atoms with E-state index in [0.29, 0.717) is 0 Å². The molecule has 0 unspecified atom stereocenters.